The number of benzene rings is 2. The van der Waals surface area contributed by atoms with Crippen LogP contribution in [0.1, 0.15) is 17.3 Å². The largest absolute Gasteiger partial charge is 0.462 e. The molecule has 0 spiro atoms. The monoisotopic (exact) mass is 292 g/mol. The highest BCUT2D eigenvalue weighted by Gasteiger charge is 2.08. The van der Waals surface area contributed by atoms with Gasteiger partial charge >= 0.3 is 5.97 Å². The molecule has 0 bridgehead atoms. The van der Waals surface area contributed by atoms with Gasteiger partial charge in [-0.2, -0.15) is 0 Å². The minimum Gasteiger partial charge on any atom is -0.462 e. The van der Waals surface area contributed by atoms with E-state index in [1.54, 1.807) is 25.3 Å². The van der Waals surface area contributed by atoms with Crippen LogP contribution in [0, 0.1) is 0 Å². The Morgan fingerprint density at radius 3 is 2.45 bits per heavy atom. The Morgan fingerprint density at radius 2 is 1.77 bits per heavy atom. The van der Waals surface area contributed by atoms with Gasteiger partial charge in [0.2, 0.25) is 0 Å². The molecule has 0 unspecified atom stereocenters. The lowest BCUT2D eigenvalue weighted by atomic mass is 10.1. The number of rotatable bonds is 4. The van der Waals surface area contributed by atoms with Gasteiger partial charge in [0.1, 0.15) is 5.82 Å². The first-order chi connectivity index (χ1) is 10.8. The Hall–Kier alpha value is -2.88. The number of nitrogens with zero attached hydrogens (tertiary/aromatic N) is 1. The van der Waals surface area contributed by atoms with Crippen molar-refractivity contribution in [1.29, 1.82) is 0 Å². The number of aromatic nitrogens is 2. The molecular formula is C18H16N2O2. The Labute approximate surface area is 128 Å². The van der Waals surface area contributed by atoms with E-state index in [4.69, 9.17) is 4.74 Å². The van der Waals surface area contributed by atoms with Gasteiger partial charge in [0.25, 0.3) is 0 Å². The van der Waals surface area contributed by atoms with Gasteiger partial charge in [0.05, 0.1) is 24.1 Å². The van der Waals surface area contributed by atoms with Gasteiger partial charge in [0.15, 0.2) is 0 Å². The molecule has 0 atom stereocenters. The van der Waals surface area contributed by atoms with Gasteiger partial charge < -0.3 is 9.72 Å². The second-order valence-electron chi connectivity index (χ2n) is 4.81. The van der Waals surface area contributed by atoms with Crippen LogP contribution in [0.5, 0.6) is 0 Å². The van der Waals surface area contributed by atoms with Crippen molar-refractivity contribution in [3.05, 3.63) is 66.4 Å². The third-order valence-corrected chi connectivity index (χ3v) is 3.33. The van der Waals surface area contributed by atoms with E-state index in [2.05, 4.69) is 9.97 Å². The average molecular weight is 292 g/mol. The van der Waals surface area contributed by atoms with Crippen molar-refractivity contribution in [1.82, 2.24) is 9.97 Å². The predicted molar refractivity (Wildman–Crippen MR) is 85.4 cm³/mol. The topological polar surface area (TPSA) is 55.0 Å². The van der Waals surface area contributed by atoms with E-state index < -0.39 is 0 Å². The van der Waals surface area contributed by atoms with Crippen molar-refractivity contribution in [3.8, 4) is 22.6 Å². The first kappa shape index (κ1) is 14.1. The molecule has 0 aliphatic rings. The number of H-pyrrole nitrogens is 1. The number of esters is 1. The van der Waals surface area contributed by atoms with Crippen molar-refractivity contribution in [2.24, 2.45) is 0 Å². The van der Waals surface area contributed by atoms with Crippen LogP contribution in [-0.2, 0) is 4.74 Å². The number of carbonyl (C=O) groups excluding carboxylic acids is 1. The summed E-state index contributed by atoms with van der Waals surface area (Å²) >= 11 is 0. The summed E-state index contributed by atoms with van der Waals surface area (Å²) in [4.78, 5) is 19.3. The van der Waals surface area contributed by atoms with Crippen LogP contribution < -0.4 is 0 Å². The molecule has 110 valence electrons. The second kappa shape index (κ2) is 6.26. The molecule has 0 amide bonds. The van der Waals surface area contributed by atoms with Crippen LogP contribution in [-0.4, -0.2) is 22.5 Å². The number of ether oxygens (including phenoxy) is 1. The molecule has 4 heteroatoms. The highest BCUT2D eigenvalue weighted by molar-refractivity contribution is 5.90. The highest BCUT2D eigenvalue weighted by Crippen LogP contribution is 2.22. The van der Waals surface area contributed by atoms with Crippen molar-refractivity contribution in [2.75, 3.05) is 6.61 Å². The Balaban J connectivity index is 1.83. The maximum absolute atomic E-state index is 11.6. The molecule has 0 fully saturated rings. The average Bonchev–Trinajstić information content (AvgIpc) is 3.06. The summed E-state index contributed by atoms with van der Waals surface area (Å²) in [6, 6.07) is 17.2. The van der Waals surface area contributed by atoms with E-state index in [0.717, 1.165) is 22.6 Å². The van der Waals surface area contributed by atoms with Crippen molar-refractivity contribution in [2.45, 2.75) is 6.92 Å². The fourth-order valence-corrected chi connectivity index (χ4v) is 2.21. The number of aromatic amines is 1. The van der Waals surface area contributed by atoms with E-state index in [1.165, 1.54) is 0 Å². The molecule has 0 saturated carbocycles. The standard InChI is InChI=1S/C18H16N2O2/c1-2-22-18(21)15-10-8-13(9-11-15)16-12-19-17(20-16)14-6-4-3-5-7-14/h3-12H,2H2,1H3,(H,19,20). The van der Waals surface area contributed by atoms with E-state index in [1.807, 2.05) is 42.5 Å². The summed E-state index contributed by atoms with van der Waals surface area (Å²) in [6.07, 6.45) is 1.79. The molecule has 2 aromatic carbocycles. The summed E-state index contributed by atoms with van der Waals surface area (Å²) in [5.41, 5.74) is 3.47. The van der Waals surface area contributed by atoms with Gasteiger partial charge in [-0.15, -0.1) is 0 Å². The SMILES string of the molecule is CCOC(=O)c1ccc(-c2cnc(-c3ccccc3)[nH]2)cc1. The van der Waals surface area contributed by atoms with Gasteiger partial charge in [-0.3, -0.25) is 0 Å². The summed E-state index contributed by atoms with van der Waals surface area (Å²) in [5, 5.41) is 0. The number of hydrogen-bond acceptors (Lipinski definition) is 3. The second-order valence-corrected chi connectivity index (χ2v) is 4.81. The molecule has 0 radical (unpaired) electrons. The van der Waals surface area contributed by atoms with E-state index in [9.17, 15) is 4.79 Å². The predicted octanol–water partition coefficient (Wildman–Crippen LogP) is 3.92. The third-order valence-electron chi connectivity index (χ3n) is 3.33. The fraction of sp³-hybridized carbons (Fsp3) is 0.111. The zero-order valence-corrected chi connectivity index (χ0v) is 12.2. The third kappa shape index (κ3) is 2.91. The quantitative estimate of drug-likeness (QED) is 0.741. The van der Waals surface area contributed by atoms with Crippen LogP contribution in [0.4, 0.5) is 0 Å². The molecule has 1 N–H and O–H groups in total. The highest BCUT2D eigenvalue weighted by atomic mass is 16.5. The lowest BCUT2D eigenvalue weighted by molar-refractivity contribution is 0.0526. The molecule has 4 nitrogen and oxygen atoms in total. The van der Waals surface area contributed by atoms with E-state index >= 15 is 0 Å². The number of nitrogens with one attached hydrogen (secondary N) is 1. The van der Waals surface area contributed by atoms with Gasteiger partial charge in [-0.25, -0.2) is 9.78 Å². The molecule has 0 aliphatic heterocycles. The summed E-state index contributed by atoms with van der Waals surface area (Å²) in [5.74, 6) is 0.522. The minimum absolute atomic E-state index is 0.302. The van der Waals surface area contributed by atoms with Crippen LogP contribution in [0.3, 0.4) is 0 Å². The van der Waals surface area contributed by atoms with Crippen LogP contribution in [0.2, 0.25) is 0 Å². The summed E-state index contributed by atoms with van der Waals surface area (Å²) in [7, 11) is 0. The zero-order chi connectivity index (χ0) is 15.4. The molecular weight excluding hydrogens is 276 g/mol. The van der Waals surface area contributed by atoms with Crippen molar-refractivity contribution in [3.63, 3.8) is 0 Å². The van der Waals surface area contributed by atoms with E-state index in [0.29, 0.717) is 12.2 Å². The maximum Gasteiger partial charge on any atom is 0.338 e. The number of hydrogen-bond donors (Lipinski definition) is 1. The summed E-state index contributed by atoms with van der Waals surface area (Å²) in [6.45, 7) is 2.17. The fourth-order valence-electron chi connectivity index (χ4n) is 2.21. The zero-order valence-electron chi connectivity index (χ0n) is 12.2. The van der Waals surface area contributed by atoms with Gasteiger partial charge in [0, 0.05) is 5.56 Å². The molecule has 22 heavy (non-hydrogen) atoms. The van der Waals surface area contributed by atoms with Gasteiger partial charge in [-0.1, -0.05) is 42.5 Å². The molecule has 0 saturated heterocycles. The summed E-state index contributed by atoms with van der Waals surface area (Å²) < 4.78 is 4.98. The molecule has 1 heterocycles. The van der Waals surface area contributed by atoms with Crippen molar-refractivity contribution < 1.29 is 9.53 Å². The maximum atomic E-state index is 11.6. The van der Waals surface area contributed by atoms with Crippen LogP contribution in [0.15, 0.2) is 60.8 Å². The minimum atomic E-state index is -0.302. The first-order valence-corrected chi connectivity index (χ1v) is 7.16. The number of carbonyl (C=O) groups is 1. The molecule has 3 aromatic rings. The molecule has 3 rings (SSSR count). The number of imidazole rings is 1. The molecule has 0 aliphatic carbocycles. The Morgan fingerprint density at radius 1 is 1.05 bits per heavy atom. The molecule has 1 aromatic heterocycles. The van der Waals surface area contributed by atoms with Crippen molar-refractivity contribution >= 4 is 5.97 Å². The Bertz CT molecular complexity index is 761. The van der Waals surface area contributed by atoms with Gasteiger partial charge in [-0.05, 0) is 24.6 Å². The lowest BCUT2D eigenvalue weighted by Gasteiger charge is -2.03. The van der Waals surface area contributed by atoms with Crippen LogP contribution >= 0.6 is 0 Å². The first-order valence-electron chi connectivity index (χ1n) is 7.16. The lowest BCUT2D eigenvalue weighted by Crippen LogP contribution is -2.03. The van der Waals surface area contributed by atoms with E-state index in [-0.39, 0.29) is 5.97 Å². The Kier molecular flexibility index (Phi) is 4.01. The van der Waals surface area contributed by atoms with Crippen LogP contribution in [0.25, 0.3) is 22.6 Å². The smallest absolute Gasteiger partial charge is 0.338 e. The normalized spacial score (nSPS) is 10.4.